The summed E-state index contributed by atoms with van der Waals surface area (Å²) in [6.45, 7) is 1.83. The summed E-state index contributed by atoms with van der Waals surface area (Å²) in [7, 11) is -3.63. The van der Waals surface area contributed by atoms with Gasteiger partial charge in [-0.25, -0.2) is 8.42 Å². The average Bonchev–Trinajstić information content (AvgIpc) is 2.99. The highest BCUT2D eigenvalue weighted by Crippen LogP contribution is 2.62. The van der Waals surface area contributed by atoms with Crippen molar-refractivity contribution in [3.8, 4) is 0 Å². The van der Waals surface area contributed by atoms with Crippen LogP contribution >= 0.6 is 0 Å². The van der Waals surface area contributed by atoms with Crippen LogP contribution in [0.15, 0.2) is 41.3 Å². The first-order chi connectivity index (χ1) is 9.21. The van der Waals surface area contributed by atoms with Crippen LogP contribution in [-0.2, 0) is 9.84 Å². The van der Waals surface area contributed by atoms with E-state index in [4.69, 9.17) is 17.2 Å². The lowest BCUT2D eigenvalue weighted by Crippen LogP contribution is -2.46. The number of nitrogen functional groups attached to an aromatic ring is 1. The lowest BCUT2D eigenvalue weighted by Gasteiger charge is -2.24. The quantitative estimate of drug-likeness (QED) is 0.546. The van der Waals surface area contributed by atoms with E-state index in [2.05, 4.69) is 0 Å². The maximum atomic E-state index is 12.8. The van der Waals surface area contributed by atoms with Gasteiger partial charge < -0.3 is 17.2 Å². The molecule has 6 heteroatoms. The van der Waals surface area contributed by atoms with E-state index in [1.54, 1.807) is 12.1 Å². The van der Waals surface area contributed by atoms with E-state index in [0.717, 1.165) is 0 Å². The SMILES string of the molecule is CC1(N)C=CCC2C1C2(N)S(=O)(=O)c1ccc(N)cc1. The number of benzene rings is 1. The summed E-state index contributed by atoms with van der Waals surface area (Å²) in [5.74, 6) is -0.368. The predicted octanol–water partition coefficient (Wildman–Crippen LogP) is 0.621. The van der Waals surface area contributed by atoms with Crippen LogP contribution < -0.4 is 17.2 Å². The Morgan fingerprint density at radius 1 is 1.20 bits per heavy atom. The van der Waals surface area contributed by atoms with E-state index in [-0.39, 0.29) is 16.7 Å². The van der Waals surface area contributed by atoms with Gasteiger partial charge in [-0.15, -0.1) is 0 Å². The Morgan fingerprint density at radius 2 is 1.80 bits per heavy atom. The molecule has 0 aliphatic heterocycles. The van der Waals surface area contributed by atoms with E-state index < -0.39 is 20.2 Å². The fourth-order valence-corrected chi connectivity index (χ4v) is 5.70. The van der Waals surface area contributed by atoms with Crippen LogP contribution in [0.25, 0.3) is 0 Å². The van der Waals surface area contributed by atoms with Crippen molar-refractivity contribution in [1.82, 2.24) is 0 Å². The number of allylic oxidation sites excluding steroid dienone is 1. The van der Waals surface area contributed by atoms with Gasteiger partial charge in [0.1, 0.15) is 4.87 Å². The average molecular weight is 293 g/mol. The van der Waals surface area contributed by atoms with Crippen molar-refractivity contribution in [2.24, 2.45) is 23.3 Å². The van der Waals surface area contributed by atoms with Gasteiger partial charge in [0.05, 0.1) is 4.90 Å². The third-order valence-electron chi connectivity index (χ3n) is 4.55. The van der Waals surface area contributed by atoms with Gasteiger partial charge in [-0.05, 0) is 37.6 Å². The summed E-state index contributed by atoms with van der Waals surface area (Å²) in [5.41, 5.74) is 17.9. The molecule has 4 atom stereocenters. The first-order valence-corrected chi connectivity index (χ1v) is 8.05. The summed E-state index contributed by atoms with van der Waals surface area (Å²) >= 11 is 0. The van der Waals surface area contributed by atoms with Crippen molar-refractivity contribution >= 4 is 15.5 Å². The summed E-state index contributed by atoms with van der Waals surface area (Å²) in [5, 5.41) is 0. The summed E-state index contributed by atoms with van der Waals surface area (Å²) in [6.07, 6.45) is 4.44. The van der Waals surface area contributed by atoms with Gasteiger partial charge in [-0.1, -0.05) is 12.2 Å². The summed E-state index contributed by atoms with van der Waals surface area (Å²) in [6, 6.07) is 6.15. The van der Waals surface area contributed by atoms with Crippen LogP contribution in [0.1, 0.15) is 13.3 Å². The molecule has 2 aliphatic carbocycles. The minimum Gasteiger partial charge on any atom is -0.399 e. The zero-order valence-corrected chi connectivity index (χ0v) is 12.1. The lowest BCUT2D eigenvalue weighted by atomic mass is 9.90. The van der Waals surface area contributed by atoms with Crippen LogP contribution in [-0.4, -0.2) is 18.8 Å². The summed E-state index contributed by atoms with van der Waals surface area (Å²) < 4.78 is 25.7. The van der Waals surface area contributed by atoms with Crippen molar-refractivity contribution < 1.29 is 8.42 Å². The van der Waals surface area contributed by atoms with Gasteiger partial charge in [-0.2, -0.15) is 0 Å². The number of fused-ring (bicyclic) bond motifs is 1. The molecule has 5 nitrogen and oxygen atoms in total. The van der Waals surface area contributed by atoms with Crippen molar-refractivity contribution in [1.29, 1.82) is 0 Å². The van der Waals surface area contributed by atoms with E-state index in [1.807, 2.05) is 19.1 Å². The molecule has 0 aromatic heterocycles. The maximum absolute atomic E-state index is 12.8. The molecule has 0 radical (unpaired) electrons. The molecule has 1 fully saturated rings. The minimum absolute atomic E-state index is 0.120. The highest BCUT2D eigenvalue weighted by molar-refractivity contribution is 7.93. The Morgan fingerprint density at radius 3 is 2.35 bits per heavy atom. The lowest BCUT2D eigenvalue weighted by molar-refractivity contribution is 0.447. The maximum Gasteiger partial charge on any atom is 0.197 e. The number of hydrogen-bond acceptors (Lipinski definition) is 5. The van der Waals surface area contributed by atoms with Crippen molar-refractivity contribution in [3.05, 3.63) is 36.4 Å². The van der Waals surface area contributed by atoms with E-state index in [1.165, 1.54) is 12.1 Å². The van der Waals surface area contributed by atoms with Crippen LogP contribution in [0.4, 0.5) is 5.69 Å². The van der Waals surface area contributed by atoms with E-state index in [0.29, 0.717) is 12.1 Å². The highest BCUT2D eigenvalue weighted by atomic mass is 32.2. The third-order valence-corrected chi connectivity index (χ3v) is 6.93. The van der Waals surface area contributed by atoms with E-state index >= 15 is 0 Å². The van der Waals surface area contributed by atoms with Gasteiger partial charge >= 0.3 is 0 Å². The molecule has 3 rings (SSSR count). The third kappa shape index (κ3) is 1.58. The zero-order valence-electron chi connectivity index (χ0n) is 11.3. The number of anilines is 1. The monoisotopic (exact) mass is 293 g/mol. The largest absolute Gasteiger partial charge is 0.399 e. The van der Waals surface area contributed by atoms with Crippen LogP contribution in [0.5, 0.6) is 0 Å². The number of hydrogen-bond donors (Lipinski definition) is 3. The molecular formula is C14H19N3O2S. The molecule has 6 N–H and O–H groups in total. The Bertz CT molecular complexity index is 679. The van der Waals surface area contributed by atoms with Gasteiger partial charge in [0, 0.05) is 23.1 Å². The molecule has 0 amide bonds. The Labute approximate surface area is 118 Å². The molecule has 108 valence electrons. The predicted molar refractivity (Wildman–Crippen MR) is 78.3 cm³/mol. The second-order valence-corrected chi connectivity index (χ2v) is 8.20. The Balaban J connectivity index is 2.04. The van der Waals surface area contributed by atoms with Gasteiger partial charge in [0.2, 0.25) is 0 Å². The zero-order chi connectivity index (χ0) is 14.8. The Kier molecular flexibility index (Phi) is 2.61. The van der Waals surface area contributed by atoms with Crippen LogP contribution in [0.2, 0.25) is 0 Å². The number of sulfone groups is 1. The van der Waals surface area contributed by atoms with Crippen LogP contribution in [0, 0.1) is 11.8 Å². The number of nitrogens with two attached hydrogens (primary N) is 3. The van der Waals surface area contributed by atoms with Crippen molar-refractivity contribution in [2.45, 2.75) is 28.6 Å². The molecular weight excluding hydrogens is 274 g/mol. The molecule has 0 bridgehead atoms. The van der Waals surface area contributed by atoms with E-state index in [9.17, 15) is 8.42 Å². The molecule has 2 aliphatic rings. The molecule has 0 saturated heterocycles. The molecule has 1 aromatic carbocycles. The summed E-state index contributed by atoms with van der Waals surface area (Å²) in [4.78, 5) is -1.07. The van der Waals surface area contributed by atoms with Crippen molar-refractivity contribution in [3.63, 3.8) is 0 Å². The highest BCUT2D eigenvalue weighted by Gasteiger charge is 2.74. The standard InChI is InChI=1S/C14H19N3O2S/c1-13(16)8-2-3-11-12(13)14(11,17)20(18,19)10-6-4-9(15)5-7-10/h2,4-8,11-12H,3,15-17H2,1H3. The normalized spacial score (nSPS) is 39.4. The molecule has 0 spiro atoms. The second-order valence-electron chi connectivity index (χ2n) is 6.01. The minimum atomic E-state index is -3.63. The Hall–Kier alpha value is -1.37. The van der Waals surface area contributed by atoms with Crippen LogP contribution in [0.3, 0.4) is 0 Å². The first kappa shape index (κ1) is 13.6. The van der Waals surface area contributed by atoms with Gasteiger partial charge in [0.15, 0.2) is 9.84 Å². The molecule has 4 unspecified atom stereocenters. The molecule has 1 saturated carbocycles. The fourth-order valence-electron chi connectivity index (χ4n) is 3.49. The number of rotatable bonds is 2. The van der Waals surface area contributed by atoms with Gasteiger partial charge in [0.25, 0.3) is 0 Å². The van der Waals surface area contributed by atoms with Crippen molar-refractivity contribution in [2.75, 3.05) is 5.73 Å². The molecule has 20 heavy (non-hydrogen) atoms. The first-order valence-electron chi connectivity index (χ1n) is 6.57. The fraction of sp³-hybridized carbons (Fsp3) is 0.429. The molecule has 0 heterocycles. The molecule has 1 aromatic rings. The van der Waals surface area contributed by atoms with Gasteiger partial charge in [-0.3, -0.25) is 0 Å². The topological polar surface area (TPSA) is 112 Å². The smallest absolute Gasteiger partial charge is 0.197 e. The second kappa shape index (κ2) is 3.84.